The van der Waals surface area contributed by atoms with E-state index in [4.69, 9.17) is 13.9 Å². The van der Waals surface area contributed by atoms with Gasteiger partial charge in [0.1, 0.15) is 17.9 Å². The average Bonchev–Trinajstić information content (AvgIpc) is 2.66. The lowest BCUT2D eigenvalue weighted by Crippen LogP contribution is -2.35. The van der Waals surface area contributed by atoms with Crippen LogP contribution in [0.25, 0.3) is 11.0 Å². The largest absolute Gasteiger partial charge is 0.489 e. The number of hydrogen-bond donors (Lipinski definition) is 1. The van der Waals surface area contributed by atoms with Crippen LogP contribution in [-0.4, -0.2) is 25.7 Å². The summed E-state index contributed by atoms with van der Waals surface area (Å²) in [6.07, 6.45) is 0. The second-order valence-electron chi connectivity index (χ2n) is 6.72. The van der Waals surface area contributed by atoms with Gasteiger partial charge < -0.3 is 19.2 Å². The monoisotopic (exact) mass is 381 g/mol. The summed E-state index contributed by atoms with van der Waals surface area (Å²) >= 11 is 0. The summed E-state index contributed by atoms with van der Waals surface area (Å²) in [6, 6.07) is 14.1. The van der Waals surface area contributed by atoms with Crippen molar-refractivity contribution < 1.29 is 18.7 Å². The van der Waals surface area contributed by atoms with E-state index >= 15 is 0 Å². The molecule has 146 valence electrons. The van der Waals surface area contributed by atoms with Crippen molar-refractivity contribution in [2.24, 2.45) is 0 Å². The lowest BCUT2D eigenvalue weighted by atomic mass is 10.1. The Labute approximate surface area is 163 Å². The molecule has 0 radical (unpaired) electrons. The van der Waals surface area contributed by atoms with Gasteiger partial charge in [-0.3, -0.25) is 4.79 Å². The number of methoxy groups -OCH3 is 1. The van der Waals surface area contributed by atoms with Crippen LogP contribution in [0.15, 0.2) is 57.7 Å². The third-order valence-corrected chi connectivity index (χ3v) is 4.34. The molecule has 0 fully saturated rings. The van der Waals surface area contributed by atoms with Crippen molar-refractivity contribution in [2.45, 2.75) is 26.5 Å². The van der Waals surface area contributed by atoms with Crippen molar-refractivity contribution in [3.63, 3.8) is 0 Å². The average molecular weight is 381 g/mol. The minimum absolute atomic E-state index is 0.0582. The lowest BCUT2D eigenvalue weighted by molar-refractivity contribution is 0.0905. The van der Waals surface area contributed by atoms with Crippen LogP contribution in [0.5, 0.6) is 5.75 Å². The van der Waals surface area contributed by atoms with Crippen LogP contribution in [0.2, 0.25) is 0 Å². The zero-order valence-electron chi connectivity index (χ0n) is 16.2. The summed E-state index contributed by atoms with van der Waals surface area (Å²) in [4.78, 5) is 23.7. The first-order valence-corrected chi connectivity index (χ1v) is 9.02. The molecule has 6 nitrogen and oxygen atoms in total. The van der Waals surface area contributed by atoms with E-state index in [0.29, 0.717) is 30.1 Å². The lowest BCUT2D eigenvalue weighted by Gasteiger charge is -2.13. The van der Waals surface area contributed by atoms with Crippen molar-refractivity contribution in [3.05, 3.63) is 75.6 Å². The van der Waals surface area contributed by atoms with Crippen molar-refractivity contribution in [2.75, 3.05) is 13.7 Å². The van der Waals surface area contributed by atoms with Crippen LogP contribution in [-0.2, 0) is 11.3 Å². The molecule has 1 N–H and O–H groups in total. The number of carbonyl (C=O) groups is 1. The molecular weight excluding hydrogens is 358 g/mol. The molecule has 0 aliphatic heterocycles. The summed E-state index contributed by atoms with van der Waals surface area (Å²) in [5.74, 6) is 0.466. The van der Waals surface area contributed by atoms with Gasteiger partial charge in [0.2, 0.25) is 0 Å². The van der Waals surface area contributed by atoms with Gasteiger partial charge >= 0.3 is 5.63 Å². The van der Waals surface area contributed by atoms with E-state index in [1.807, 2.05) is 38.1 Å². The first kappa shape index (κ1) is 19.6. The van der Waals surface area contributed by atoms with Crippen LogP contribution >= 0.6 is 0 Å². The number of carbonyl (C=O) groups excluding carboxylic acids is 1. The first-order valence-electron chi connectivity index (χ1n) is 9.02. The van der Waals surface area contributed by atoms with Gasteiger partial charge in [-0.25, -0.2) is 4.79 Å². The Hall–Kier alpha value is -3.12. The summed E-state index contributed by atoms with van der Waals surface area (Å²) in [5, 5.41) is 3.75. The van der Waals surface area contributed by atoms with E-state index in [0.717, 1.165) is 16.5 Å². The molecule has 1 unspecified atom stereocenters. The normalized spacial score (nSPS) is 12.0. The van der Waals surface area contributed by atoms with Crippen LogP contribution in [0, 0.1) is 6.92 Å². The number of hydrogen-bond acceptors (Lipinski definition) is 5. The molecule has 28 heavy (non-hydrogen) atoms. The predicted molar refractivity (Wildman–Crippen MR) is 107 cm³/mol. The highest BCUT2D eigenvalue weighted by Gasteiger charge is 2.10. The zero-order valence-corrected chi connectivity index (χ0v) is 16.2. The van der Waals surface area contributed by atoms with E-state index in [2.05, 4.69) is 5.32 Å². The van der Waals surface area contributed by atoms with Gasteiger partial charge in [-0.05, 0) is 49.2 Å². The molecule has 2 aromatic carbocycles. The highest BCUT2D eigenvalue weighted by molar-refractivity contribution is 5.94. The number of amides is 1. The van der Waals surface area contributed by atoms with Gasteiger partial charge in [-0.15, -0.1) is 0 Å². The molecule has 0 aliphatic carbocycles. The summed E-state index contributed by atoms with van der Waals surface area (Å²) in [5.41, 5.74) is 2.49. The van der Waals surface area contributed by atoms with Crippen LogP contribution in [0.1, 0.15) is 28.4 Å². The molecule has 0 saturated carbocycles. The Balaban J connectivity index is 1.64. The second kappa shape index (κ2) is 8.71. The Kier molecular flexibility index (Phi) is 6.11. The third-order valence-electron chi connectivity index (χ3n) is 4.34. The topological polar surface area (TPSA) is 77.8 Å². The number of rotatable bonds is 7. The number of benzene rings is 2. The van der Waals surface area contributed by atoms with E-state index in [9.17, 15) is 9.59 Å². The van der Waals surface area contributed by atoms with E-state index < -0.39 is 0 Å². The third kappa shape index (κ3) is 4.78. The first-order chi connectivity index (χ1) is 13.5. The number of fused-ring (bicyclic) bond motifs is 1. The number of aryl methyl sites for hydroxylation is 1. The summed E-state index contributed by atoms with van der Waals surface area (Å²) in [6.45, 7) is 4.55. The molecular formula is C22H23NO5. The second-order valence-corrected chi connectivity index (χ2v) is 6.72. The fourth-order valence-electron chi connectivity index (χ4n) is 2.91. The standard InChI is InChI=1S/C22H23NO5/c1-14-10-21(24)28-20-11-18(8-9-19(14)20)27-13-16-4-6-17(7-5-16)22(25)23-15(2)12-26-3/h4-11,15H,12-13H2,1-3H3,(H,23,25). The van der Waals surface area contributed by atoms with Crippen LogP contribution in [0.4, 0.5) is 0 Å². The van der Waals surface area contributed by atoms with E-state index in [1.54, 1.807) is 25.3 Å². The van der Waals surface area contributed by atoms with Crippen molar-refractivity contribution in [3.8, 4) is 5.75 Å². The van der Waals surface area contributed by atoms with Crippen LogP contribution in [0.3, 0.4) is 0 Å². The van der Waals surface area contributed by atoms with E-state index in [-0.39, 0.29) is 17.6 Å². The predicted octanol–water partition coefficient (Wildman–Crippen LogP) is 3.45. The van der Waals surface area contributed by atoms with Crippen molar-refractivity contribution >= 4 is 16.9 Å². The summed E-state index contributed by atoms with van der Waals surface area (Å²) < 4.78 is 16.1. The molecule has 3 aromatic rings. The maximum Gasteiger partial charge on any atom is 0.336 e. The molecule has 1 amide bonds. The molecule has 1 heterocycles. The minimum Gasteiger partial charge on any atom is -0.489 e. The Morgan fingerprint density at radius 3 is 2.61 bits per heavy atom. The Morgan fingerprint density at radius 1 is 1.14 bits per heavy atom. The maximum absolute atomic E-state index is 12.2. The summed E-state index contributed by atoms with van der Waals surface area (Å²) in [7, 11) is 1.60. The molecule has 0 aliphatic rings. The highest BCUT2D eigenvalue weighted by atomic mass is 16.5. The molecule has 0 saturated heterocycles. The molecule has 1 aromatic heterocycles. The molecule has 3 rings (SSSR count). The molecule has 1 atom stereocenters. The smallest absolute Gasteiger partial charge is 0.336 e. The molecule has 6 heteroatoms. The quantitative estimate of drug-likeness (QED) is 0.634. The fraction of sp³-hybridized carbons (Fsp3) is 0.273. The van der Waals surface area contributed by atoms with Gasteiger partial charge in [0, 0.05) is 36.2 Å². The molecule has 0 bridgehead atoms. The van der Waals surface area contributed by atoms with Gasteiger partial charge in [0.15, 0.2) is 0 Å². The SMILES string of the molecule is COCC(C)NC(=O)c1ccc(COc2ccc3c(C)cc(=O)oc3c2)cc1. The van der Waals surface area contributed by atoms with E-state index in [1.165, 1.54) is 6.07 Å². The Morgan fingerprint density at radius 2 is 1.89 bits per heavy atom. The van der Waals surface area contributed by atoms with Gasteiger partial charge in [-0.2, -0.15) is 0 Å². The Bertz CT molecular complexity index is 1020. The van der Waals surface area contributed by atoms with Gasteiger partial charge in [-0.1, -0.05) is 12.1 Å². The van der Waals surface area contributed by atoms with Gasteiger partial charge in [0.05, 0.1) is 6.61 Å². The van der Waals surface area contributed by atoms with Gasteiger partial charge in [0.25, 0.3) is 5.91 Å². The fourth-order valence-corrected chi connectivity index (χ4v) is 2.91. The highest BCUT2D eigenvalue weighted by Crippen LogP contribution is 2.23. The minimum atomic E-state index is -0.379. The number of ether oxygens (including phenoxy) is 2. The number of nitrogens with one attached hydrogen (secondary N) is 1. The van der Waals surface area contributed by atoms with Crippen molar-refractivity contribution in [1.29, 1.82) is 0 Å². The maximum atomic E-state index is 12.2. The molecule has 0 spiro atoms. The van der Waals surface area contributed by atoms with Crippen molar-refractivity contribution in [1.82, 2.24) is 5.32 Å². The zero-order chi connectivity index (χ0) is 20.1. The van der Waals surface area contributed by atoms with Crippen LogP contribution < -0.4 is 15.7 Å².